The second-order valence-electron chi connectivity index (χ2n) is 11.3. The lowest BCUT2D eigenvalue weighted by atomic mass is 10.0. The lowest BCUT2D eigenvalue weighted by Gasteiger charge is -2.08. The first kappa shape index (κ1) is 19.2. The maximum Gasteiger partial charge on any atom is 0.164 e. The lowest BCUT2D eigenvalue weighted by molar-refractivity contribution is 0.670. The smallest absolute Gasteiger partial charge is 0.164 e. The van der Waals surface area contributed by atoms with E-state index in [-0.39, 0.29) is 61.8 Å². The Morgan fingerprint density at radius 2 is 1.15 bits per heavy atom. The Hall–Kier alpha value is -6.59. The van der Waals surface area contributed by atoms with E-state index in [0.29, 0.717) is 16.7 Å². The van der Waals surface area contributed by atoms with Crippen LogP contribution in [0.4, 0.5) is 0 Å². The molecule has 0 spiro atoms. The van der Waals surface area contributed by atoms with Gasteiger partial charge in [-0.3, -0.25) is 0 Å². The van der Waals surface area contributed by atoms with Gasteiger partial charge in [-0.1, -0.05) is 121 Å². The third kappa shape index (κ3) is 4.22. The third-order valence-electron chi connectivity index (χ3n) is 8.42. The molecule has 0 radical (unpaired) electrons. The largest absolute Gasteiger partial charge is 0.455 e. The number of aromatic nitrogens is 3. The SMILES string of the molecule is [2H]c1c([2H])c([2H])c2c(c1[2H])c([2H])c([2H])c1c2oc2c([2H])c(-c3nc(-c4ccccc4)nc(-c4ccc5c(c4)oc4c(-c6ccccc6)cccc45)n3)c([2H])c([2H])c21. The third-order valence-corrected chi connectivity index (χ3v) is 8.42. The number of hydrogen-bond donors (Lipinski definition) is 0. The summed E-state index contributed by atoms with van der Waals surface area (Å²) in [4.78, 5) is 14.3. The van der Waals surface area contributed by atoms with Crippen molar-refractivity contribution >= 4 is 54.6 Å². The highest BCUT2D eigenvalue weighted by molar-refractivity contribution is 6.15. The highest BCUT2D eigenvalue weighted by Gasteiger charge is 2.18. The van der Waals surface area contributed by atoms with E-state index in [2.05, 4.69) is 0 Å². The molecule has 3 aromatic heterocycles. The Balaban J connectivity index is 1.22. The highest BCUT2D eigenvalue weighted by Crippen LogP contribution is 2.38. The molecule has 0 bridgehead atoms. The molecule has 7 aromatic carbocycles. The van der Waals surface area contributed by atoms with Gasteiger partial charge in [0.15, 0.2) is 17.5 Å². The van der Waals surface area contributed by atoms with Crippen molar-refractivity contribution in [2.75, 3.05) is 0 Å². The molecule has 0 fully saturated rings. The molecule has 10 rings (SSSR count). The van der Waals surface area contributed by atoms with Gasteiger partial charge >= 0.3 is 0 Å². The average molecular weight is 625 g/mol. The average Bonchev–Trinajstić information content (AvgIpc) is 3.83. The standard InChI is InChI=1S/C43H25N3O2/c1-3-10-26(11-4-1)32-16-9-17-35-33-21-19-29(24-37(33)47-39(32)35)42-44-41(28-13-5-2-6-14-28)45-43(46-42)30-20-22-34-36-23-18-27-12-7-8-15-31(27)40(36)48-38(34)25-30/h1-25H/i7D,8D,12D,15D,18D,20D,22D,23D,25D. The number of fused-ring (bicyclic) bond motifs is 8. The summed E-state index contributed by atoms with van der Waals surface area (Å²) in [5.41, 5.74) is 3.96. The van der Waals surface area contributed by atoms with Gasteiger partial charge in [0.25, 0.3) is 0 Å². The van der Waals surface area contributed by atoms with E-state index in [4.69, 9.17) is 33.4 Å². The zero-order valence-electron chi connectivity index (χ0n) is 33.9. The van der Waals surface area contributed by atoms with E-state index in [1.807, 2.05) is 97.1 Å². The minimum Gasteiger partial charge on any atom is -0.455 e. The molecule has 10 aromatic rings. The molecule has 0 aliphatic carbocycles. The van der Waals surface area contributed by atoms with Crippen LogP contribution in [0.5, 0.6) is 0 Å². The minimum atomic E-state index is -0.565. The summed E-state index contributed by atoms with van der Waals surface area (Å²) in [7, 11) is 0. The molecule has 0 amide bonds. The molecular weight excluding hydrogens is 590 g/mol. The van der Waals surface area contributed by atoms with Gasteiger partial charge in [-0.05, 0) is 41.2 Å². The maximum absolute atomic E-state index is 9.39. The topological polar surface area (TPSA) is 65.0 Å². The summed E-state index contributed by atoms with van der Waals surface area (Å²) in [6.45, 7) is 0. The Kier molecular flexibility index (Phi) is 4.18. The molecule has 3 heterocycles. The van der Waals surface area contributed by atoms with Crippen LogP contribution in [0.15, 0.2) is 160 Å². The summed E-state index contributed by atoms with van der Waals surface area (Å²) in [5.74, 6) is 0.379. The molecule has 0 unspecified atom stereocenters. The predicted octanol–water partition coefficient (Wildman–Crippen LogP) is 11.5. The van der Waals surface area contributed by atoms with Crippen molar-refractivity contribution in [1.29, 1.82) is 0 Å². The Bertz CT molecular complexity index is 3350. The maximum atomic E-state index is 9.39. The number of furan rings is 2. The van der Waals surface area contributed by atoms with Crippen LogP contribution >= 0.6 is 0 Å². The zero-order chi connectivity index (χ0) is 39.4. The van der Waals surface area contributed by atoms with Gasteiger partial charge in [-0.15, -0.1) is 0 Å². The summed E-state index contributed by atoms with van der Waals surface area (Å²) in [5, 5.41) is 1.28. The van der Waals surface area contributed by atoms with Crippen LogP contribution in [0.25, 0.3) is 99.9 Å². The highest BCUT2D eigenvalue weighted by atomic mass is 16.3. The van der Waals surface area contributed by atoms with Crippen molar-refractivity contribution in [3.63, 3.8) is 0 Å². The molecule has 0 aliphatic rings. The lowest BCUT2D eigenvalue weighted by Crippen LogP contribution is -2.00. The van der Waals surface area contributed by atoms with E-state index >= 15 is 0 Å². The first-order chi connectivity index (χ1) is 27.5. The van der Waals surface area contributed by atoms with Crippen LogP contribution < -0.4 is 0 Å². The monoisotopic (exact) mass is 624 g/mol. The van der Waals surface area contributed by atoms with Crippen LogP contribution in [-0.4, -0.2) is 15.0 Å². The van der Waals surface area contributed by atoms with Gasteiger partial charge < -0.3 is 8.83 Å². The number of hydrogen-bond acceptors (Lipinski definition) is 5. The van der Waals surface area contributed by atoms with E-state index in [1.54, 1.807) is 0 Å². The van der Waals surface area contributed by atoms with E-state index in [0.717, 1.165) is 27.5 Å². The minimum absolute atomic E-state index is 0.0835. The van der Waals surface area contributed by atoms with Crippen LogP contribution in [0.1, 0.15) is 12.3 Å². The van der Waals surface area contributed by atoms with Gasteiger partial charge in [0, 0.05) is 49.2 Å². The predicted molar refractivity (Wildman–Crippen MR) is 194 cm³/mol. The Morgan fingerprint density at radius 1 is 0.438 bits per heavy atom. The fourth-order valence-electron chi connectivity index (χ4n) is 6.13. The van der Waals surface area contributed by atoms with E-state index in [1.165, 1.54) is 0 Å². The normalized spacial score (nSPS) is 14.4. The van der Waals surface area contributed by atoms with Crippen LogP contribution in [-0.2, 0) is 0 Å². The molecule has 0 atom stereocenters. The molecule has 48 heavy (non-hydrogen) atoms. The summed E-state index contributed by atoms with van der Waals surface area (Å²) in [6, 6.07) is 26.5. The van der Waals surface area contributed by atoms with Gasteiger partial charge in [0.05, 0.1) is 12.3 Å². The van der Waals surface area contributed by atoms with Gasteiger partial charge in [0.1, 0.15) is 22.3 Å². The van der Waals surface area contributed by atoms with Crippen molar-refractivity contribution < 1.29 is 21.2 Å². The number of nitrogens with zero attached hydrogens (tertiary/aromatic N) is 3. The van der Waals surface area contributed by atoms with Crippen molar-refractivity contribution in [3.8, 4) is 45.3 Å². The molecule has 5 heteroatoms. The second-order valence-corrected chi connectivity index (χ2v) is 11.3. The van der Waals surface area contributed by atoms with Gasteiger partial charge in [-0.2, -0.15) is 0 Å². The van der Waals surface area contributed by atoms with Crippen LogP contribution in [0.2, 0.25) is 0 Å². The molecule has 0 aliphatic heterocycles. The van der Waals surface area contributed by atoms with Crippen LogP contribution in [0.3, 0.4) is 0 Å². The first-order valence-electron chi connectivity index (χ1n) is 19.7. The molecule has 5 nitrogen and oxygen atoms in total. The second kappa shape index (κ2) is 10.5. The van der Waals surface area contributed by atoms with E-state index in [9.17, 15) is 2.74 Å². The Labute approximate surface area is 287 Å². The van der Waals surface area contributed by atoms with Gasteiger partial charge in [0.2, 0.25) is 0 Å². The number of rotatable bonds is 4. The van der Waals surface area contributed by atoms with Crippen LogP contribution in [0, 0.1) is 0 Å². The number of para-hydroxylation sites is 1. The molecule has 0 saturated carbocycles. The van der Waals surface area contributed by atoms with Crippen molar-refractivity contribution in [1.82, 2.24) is 15.0 Å². The van der Waals surface area contributed by atoms with E-state index < -0.39 is 48.3 Å². The molecule has 224 valence electrons. The molecule has 0 saturated heterocycles. The van der Waals surface area contributed by atoms with Crippen molar-refractivity contribution in [2.24, 2.45) is 0 Å². The van der Waals surface area contributed by atoms with Gasteiger partial charge in [-0.25, -0.2) is 15.0 Å². The summed E-state index contributed by atoms with van der Waals surface area (Å²) >= 11 is 0. The Morgan fingerprint density at radius 3 is 1.98 bits per heavy atom. The van der Waals surface area contributed by atoms with Crippen molar-refractivity contribution in [3.05, 3.63) is 151 Å². The fourth-order valence-corrected chi connectivity index (χ4v) is 6.13. The summed E-state index contributed by atoms with van der Waals surface area (Å²) < 4.78 is 91.6. The molecule has 0 N–H and O–H groups in total. The fraction of sp³-hybridized carbons (Fsp3) is 0. The molecular formula is C43H25N3O2. The number of benzene rings is 7. The zero-order valence-corrected chi connectivity index (χ0v) is 24.9. The first-order valence-corrected chi connectivity index (χ1v) is 15.2. The van der Waals surface area contributed by atoms with Crippen molar-refractivity contribution in [2.45, 2.75) is 0 Å². The summed E-state index contributed by atoms with van der Waals surface area (Å²) in [6.07, 6.45) is 0. The quantitative estimate of drug-likeness (QED) is 0.195.